The first-order chi connectivity index (χ1) is 39.9. The number of imide groups is 1. The number of para-hydroxylation sites is 1. The predicted molar refractivity (Wildman–Crippen MR) is 320 cm³/mol. The van der Waals surface area contributed by atoms with E-state index in [1.54, 1.807) is 64.6 Å². The zero-order valence-corrected chi connectivity index (χ0v) is 52.4. The summed E-state index contributed by atoms with van der Waals surface area (Å²) in [6.45, 7) is 12.4. The molecule has 0 spiro atoms. The van der Waals surface area contributed by atoms with Gasteiger partial charge in [0.25, 0.3) is 11.8 Å². The second-order valence-electron chi connectivity index (χ2n) is 21.7. The standard InChI is InChI=1S/C24H25ClN6O2.C20H26N2O7.C16H23NO5.B.Na.H/c25-16-6-7-17-20(13-16)27-22(26)14-21(17)30-9-11-31(12-10-30)24(33)29-19-8-5-15-3-1-2-4-18(15)28-23(19)32;1-20(2,3)29-19(26)21-15(11-12-28-22-16(23)9-10-17(22)24)18(25)27-13-14-7-5-4-6-8-14;1-16(2,3)22-15(20)17-13(9-10-18)14(19)21-11-12-7-5-4-6-8-12;;;/h1-4,6-7,13-14,19H,5,8-12H2,(H2,26,27)(H,28,32)(H,29,33);4-8,15H,9-13H2,1-3H3,(H,21,26);4-8,13,18H,9-11H2,1-3H3,(H,17,20);;;/q;;;;+1;-1/t;15-;13-;;;/m.00.../s1. The van der Waals surface area contributed by atoms with Crippen molar-refractivity contribution < 1.29 is 98.2 Å². The van der Waals surface area contributed by atoms with Crippen LogP contribution in [0.3, 0.4) is 0 Å². The van der Waals surface area contributed by atoms with Gasteiger partial charge in [0.05, 0.1) is 12.1 Å². The number of carbonyl (C=O) groups is 8. The summed E-state index contributed by atoms with van der Waals surface area (Å²) >= 11 is 6.12. The fourth-order valence-corrected chi connectivity index (χ4v) is 8.82. The van der Waals surface area contributed by atoms with E-state index in [4.69, 9.17) is 46.2 Å². The van der Waals surface area contributed by atoms with Gasteiger partial charge in [0, 0.05) is 94.7 Å². The zero-order chi connectivity index (χ0) is 61.0. The number of amides is 7. The molecule has 0 aliphatic carbocycles. The Hall–Kier alpha value is -7.48. The third-order valence-corrected chi connectivity index (χ3v) is 13.0. The van der Waals surface area contributed by atoms with Crippen molar-refractivity contribution in [2.24, 2.45) is 0 Å². The second kappa shape index (κ2) is 34.0. The number of alkyl carbamates (subject to hydrolysis) is 2. The van der Waals surface area contributed by atoms with Crippen LogP contribution < -0.4 is 61.5 Å². The van der Waals surface area contributed by atoms with Gasteiger partial charge in [-0.2, -0.15) is 5.06 Å². The number of aromatic nitrogens is 1. The maximum atomic E-state index is 12.9. The quantitative estimate of drug-likeness (QED) is 0.0351. The molecule has 3 radical (unpaired) electrons. The number of pyridine rings is 1. The molecule has 455 valence electrons. The van der Waals surface area contributed by atoms with Crippen molar-refractivity contribution in [3.05, 3.63) is 131 Å². The van der Waals surface area contributed by atoms with Crippen LogP contribution in [0, 0.1) is 0 Å². The fraction of sp³-hybridized carbons (Fsp3) is 0.417. The fourth-order valence-electron chi connectivity index (χ4n) is 8.65. The van der Waals surface area contributed by atoms with E-state index < -0.39 is 65.3 Å². The maximum absolute atomic E-state index is 12.9. The largest absolute Gasteiger partial charge is 1.00 e. The Balaban J connectivity index is 0.000000343. The first-order valence-electron chi connectivity index (χ1n) is 27.5. The number of aliphatic hydroxyl groups is 1. The number of piperazine rings is 1. The zero-order valence-electron chi connectivity index (χ0n) is 50.6. The molecule has 4 heterocycles. The number of hydroxylamine groups is 2. The number of urea groups is 1. The number of nitrogens with two attached hydrogens (primary N) is 1. The number of nitrogens with one attached hydrogen (secondary N) is 4. The van der Waals surface area contributed by atoms with Gasteiger partial charge in [-0.15, -0.1) is 0 Å². The molecular weight excluding hydrogens is 1140 g/mol. The number of nitrogens with zero attached hydrogens (tertiary/aromatic N) is 4. The topological polar surface area (TPSA) is 300 Å². The van der Waals surface area contributed by atoms with Crippen LogP contribution >= 0.6 is 11.6 Å². The van der Waals surface area contributed by atoms with Crippen molar-refractivity contribution in [1.29, 1.82) is 0 Å². The van der Waals surface area contributed by atoms with Crippen LogP contribution in [0.1, 0.15) is 91.8 Å². The molecular formula is C60H75BClN9NaO14. The average Bonchev–Trinajstić information content (AvgIpc) is 3.36. The van der Waals surface area contributed by atoms with Crippen molar-refractivity contribution >= 4 is 96.0 Å². The number of fused-ring (bicyclic) bond motifs is 2. The summed E-state index contributed by atoms with van der Waals surface area (Å²) in [5.74, 6) is -1.90. The third kappa shape index (κ3) is 23.1. The molecule has 7 N–H and O–H groups in total. The Kier molecular flexibility index (Phi) is 28.1. The van der Waals surface area contributed by atoms with E-state index in [0.29, 0.717) is 48.5 Å². The van der Waals surface area contributed by atoms with Crippen molar-refractivity contribution in [3.8, 4) is 0 Å². The minimum absolute atomic E-state index is 0. The van der Waals surface area contributed by atoms with Crippen molar-refractivity contribution in [1.82, 2.24) is 30.9 Å². The van der Waals surface area contributed by atoms with Crippen LogP contribution in [-0.4, -0.2) is 145 Å². The van der Waals surface area contributed by atoms with Crippen LogP contribution in [0.4, 0.5) is 31.6 Å². The number of ether oxygens (including phenoxy) is 4. The van der Waals surface area contributed by atoms with Gasteiger partial charge < -0.3 is 62.3 Å². The number of benzene rings is 4. The number of carbonyl (C=O) groups excluding carboxylic acids is 8. The molecule has 1 unspecified atom stereocenters. The van der Waals surface area contributed by atoms with Crippen LogP contribution in [0.2, 0.25) is 5.02 Å². The molecule has 0 saturated carbocycles. The van der Waals surface area contributed by atoms with Gasteiger partial charge in [-0.25, -0.2) is 29.0 Å². The molecule has 5 aromatic rings. The van der Waals surface area contributed by atoms with Crippen LogP contribution in [-0.2, 0) is 67.4 Å². The minimum atomic E-state index is -1.07. The van der Waals surface area contributed by atoms with Gasteiger partial charge >= 0.3 is 59.7 Å². The number of aryl methyl sites for hydroxylation is 1. The van der Waals surface area contributed by atoms with Crippen LogP contribution in [0.5, 0.6) is 0 Å². The average molecular weight is 1220 g/mol. The smallest absolute Gasteiger partial charge is 1.00 e. The number of anilines is 3. The molecule has 7 amide bonds. The third-order valence-electron chi connectivity index (χ3n) is 12.7. The molecule has 2 saturated heterocycles. The van der Waals surface area contributed by atoms with Crippen LogP contribution in [0.15, 0.2) is 109 Å². The second-order valence-corrected chi connectivity index (χ2v) is 22.1. The van der Waals surface area contributed by atoms with Gasteiger partial charge in [0.2, 0.25) is 5.91 Å². The first kappa shape index (κ1) is 71.0. The molecule has 3 aliphatic heterocycles. The van der Waals surface area contributed by atoms with Gasteiger partial charge in [0.1, 0.15) is 48.4 Å². The van der Waals surface area contributed by atoms with Crippen molar-refractivity contribution in [2.75, 3.05) is 55.3 Å². The Morgan fingerprint density at radius 1 is 0.733 bits per heavy atom. The number of halogens is 1. The molecule has 0 bridgehead atoms. The number of hydrogen-bond donors (Lipinski definition) is 6. The number of aliphatic hydroxyl groups excluding tert-OH is 1. The van der Waals surface area contributed by atoms with E-state index in [9.17, 15) is 38.4 Å². The first-order valence-corrected chi connectivity index (χ1v) is 27.9. The minimum Gasteiger partial charge on any atom is -1.00 e. The summed E-state index contributed by atoms with van der Waals surface area (Å²) in [7, 11) is 0. The summed E-state index contributed by atoms with van der Waals surface area (Å²) in [5, 5.41) is 22.0. The van der Waals surface area contributed by atoms with Gasteiger partial charge in [0.15, 0.2) is 0 Å². The molecule has 8 rings (SSSR count). The number of hydrogen-bond acceptors (Lipinski definition) is 17. The summed E-state index contributed by atoms with van der Waals surface area (Å²) < 4.78 is 20.7. The Labute approximate surface area is 530 Å². The van der Waals surface area contributed by atoms with E-state index in [1.807, 2.05) is 91.0 Å². The monoisotopic (exact) mass is 1210 g/mol. The van der Waals surface area contributed by atoms with E-state index in [-0.39, 0.29) is 103 Å². The maximum Gasteiger partial charge on any atom is 1.00 e. The molecule has 26 heteroatoms. The van der Waals surface area contributed by atoms with E-state index in [2.05, 4.69) is 31.2 Å². The van der Waals surface area contributed by atoms with E-state index >= 15 is 0 Å². The molecule has 1 aromatic heterocycles. The van der Waals surface area contributed by atoms with Crippen LogP contribution in [0.25, 0.3) is 10.9 Å². The normalized spacial score (nSPS) is 15.4. The van der Waals surface area contributed by atoms with E-state index in [1.165, 1.54) is 0 Å². The predicted octanol–water partition coefficient (Wildman–Crippen LogP) is 4.09. The molecule has 3 aliphatic rings. The summed E-state index contributed by atoms with van der Waals surface area (Å²) in [5.41, 5.74) is 9.89. The molecule has 86 heavy (non-hydrogen) atoms. The Morgan fingerprint density at radius 2 is 1.26 bits per heavy atom. The summed E-state index contributed by atoms with van der Waals surface area (Å²) in [6, 6.07) is 30.7. The SMILES string of the molecule is CC(C)(C)OC(=O)N[C@@H](CCO)C(=O)OCc1ccccc1.CC(C)(C)OC(=O)N[C@@H](CCON1C(=O)CCC1=O)C(=O)OCc1ccccc1.Nc1cc(N2CCN(C(=O)NC3CCc4ccccc4NC3=O)CC2)c2ccc(Cl)cc2n1.[B].[H-].[Na+]. The van der Waals surface area contributed by atoms with Crippen molar-refractivity contribution in [3.63, 3.8) is 0 Å². The van der Waals surface area contributed by atoms with Gasteiger partial charge in [-0.3, -0.25) is 19.2 Å². The molecule has 4 aromatic carbocycles. The Morgan fingerprint density at radius 3 is 1.79 bits per heavy atom. The Bertz CT molecular complexity index is 3080. The number of rotatable bonds is 16. The van der Waals surface area contributed by atoms with Crippen molar-refractivity contribution in [2.45, 2.75) is 123 Å². The van der Waals surface area contributed by atoms with Gasteiger partial charge in [-0.05, 0) is 95.3 Å². The molecule has 2 fully saturated rings. The molecule has 3 atom stereocenters. The van der Waals surface area contributed by atoms with E-state index in [0.717, 1.165) is 45.4 Å². The summed E-state index contributed by atoms with van der Waals surface area (Å²) in [6.07, 6.45) is 0.0366. The number of esters is 2. The van der Waals surface area contributed by atoms with Gasteiger partial charge in [-0.1, -0.05) is 90.5 Å². The number of nitrogen functional groups attached to an aromatic ring is 1. The summed E-state index contributed by atoms with van der Waals surface area (Å²) in [4.78, 5) is 111. The molecule has 23 nitrogen and oxygen atoms in total.